The van der Waals surface area contributed by atoms with Gasteiger partial charge < -0.3 is 14.2 Å². The first-order chi connectivity index (χ1) is 40.0. The van der Waals surface area contributed by atoms with Gasteiger partial charge in [0, 0.05) is 19.3 Å². The number of allylic oxidation sites excluding steroid dienone is 14. The third-order valence-electron chi connectivity index (χ3n) is 15.4. The molecule has 6 nitrogen and oxygen atoms in total. The Morgan fingerprint density at radius 2 is 0.481 bits per heavy atom. The van der Waals surface area contributed by atoms with Crippen LogP contribution in [0.2, 0.25) is 0 Å². The molecule has 0 aliphatic rings. The van der Waals surface area contributed by atoms with Crippen LogP contribution in [-0.4, -0.2) is 37.2 Å². The van der Waals surface area contributed by atoms with Crippen molar-refractivity contribution in [2.45, 2.75) is 361 Å². The molecule has 0 N–H and O–H groups in total. The van der Waals surface area contributed by atoms with Gasteiger partial charge in [0.1, 0.15) is 13.2 Å². The zero-order valence-corrected chi connectivity index (χ0v) is 53.8. The third kappa shape index (κ3) is 67.3. The lowest BCUT2D eigenvalue weighted by Gasteiger charge is -2.18. The van der Waals surface area contributed by atoms with Crippen molar-refractivity contribution < 1.29 is 28.6 Å². The van der Waals surface area contributed by atoms with Crippen molar-refractivity contribution in [3.05, 3.63) is 85.1 Å². The molecule has 6 heteroatoms. The first kappa shape index (κ1) is 77.6. The molecule has 0 radical (unpaired) electrons. The normalized spacial score (nSPS) is 12.6. The Hall–Kier alpha value is -3.41. The summed E-state index contributed by atoms with van der Waals surface area (Å²) in [7, 11) is 0. The average Bonchev–Trinajstić information content (AvgIpc) is 3.47. The quantitative estimate of drug-likeness (QED) is 0.0261. The summed E-state index contributed by atoms with van der Waals surface area (Å²) >= 11 is 0. The van der Waals surface area contributed by atoms with Crippen LogP contribution < -0.4 is 0 Å². The van der Waals surface area contributed by atoms with Gasteiger partial charge in [-0.3, -0.25) is 14.4 Å². The standard InChI is InChI=1S/C75H132O6/c1-4-7-10-13-16-18-20-22-24-26-28-30-31-32-33-34-35-36-37-38-39-40-41-42-43-45-46-48-50-52-54-56-59-62-65-68-74(77)80-71-72(70-79-73(76)67-64-61-58-15-12-9-6-3)81-75(78)69-66-63-60-57-55-53-51-49-47-44-29-27-25-23-21-19-17-14-11-8-5-2/h7,10,16,18,21-24,27-30,32-33,72H,4-6,8-9,11-15,17,19-20,25-26,31,34-71H2,1-3H3/b10-7-,18-16-,23-21-,24-22-,29-27-,30-28-,33-32-. The molecule has 1 atom stereocenters. The number of rotatable bonds is 64. The van der Waals surface area contributed by atoms with Gasteiger partial charge in [0.2, 0.25) is 0 Å². The molecule has 81 heavy (non-hydrogen) atoms. The van der Waals surface area contributed by atoms with Gasteiger partial charge in [-0.2, -0.15) is 0 Å². The molecule has 0 aromatic rings. The van der Waals surface area contributed by atoms with Gasteiger partial charge in [-0.1, -0.05) is 324 Å². The minimum Gasteiger partial charge on any atom is -0.462 e. The summed E-state index contributed by atoms with van der Waals surface area (Å²) in [6, 6.07) is 0. The second kappa shape index (κ2) is 69.1. The van der Waals surface area contributed by atoms with Crippen LogP contribution in [0.5, 0.6) is 0 Å². The smallest absolute Gasteiger partial charge is 0.306 e. The highest BCUT2D eigenvalue weighted by Crippen LogP contribution is 2.18. The molecule has 0 aliphatic carbocycles. The van der Waals surface area contributed by atoms with Gasteiger partial charge >= 0.3 is 17.9 Å². The van der Waals surface area contributed by atoms with Gasteiger partial charge in [0.05, 0.1) is 0 Å². The molecule has 0 saturated heterocycles. The predicted molar refractivity (Wildman–Crippen MR) is 353 cm³/mol. The van der Waals surface area contributed by atoms with E-state index in [4.69, 9.17) is 14.2 Å². The number of esters is 3. The second-order valence-corrected chi connectivity index (χ2v) is 23.4. The van der Waals surface area contributed by atoms with Crippen LogP contribution in [0.25, 0.3) is 0 Å². The monoisotopic (exact) mass is 1130 g/mol. The second-order valence-electron chi connectivity index (χ2n) is 23.4. The van der Waals surface area contributed by atoms with Crippen LogP contribution in [0.3, 0.4) is 0 Å². The van der Waals surface area contributed by atoms with Crippen molar-refractivity contribution in [1.82, 2.24) is 0 Å². The van der Waals surface area contributed by atoms with Crippen LogP contribution >= 0.6 is 0 Å². The van der Waals surface area contributed by atoms with E-state index in [1.54, 1.807) is 0 Å². The van der Waals surface area contributed by atoms with Crippen LogP contribution in [0.4, 0.5) is 0 Å². The lowest BCUT2D eigenvalue weighted by molar-refractivity contribution is -0.167. The van der Waals surface area contributed by atoms with E-state index < -0.39 is 6.10 Å². The van der Waals surface area contributed by atoms with Crippen LogP contribution in [-0.2, 0) is 28.6 Å². The molecule has 0 bridgehead atoms. The largest absolute Gasteiger partial charge is 0.462 e. The van der Waals surface area contributed by atoms with Crippen LogP contribution in [0.15, 0.2) is 85.1 Å². The zero-order chi connectivity index (χ0) is 58.5. The number of hydrogen-bond acceptors (Lipinski definition) is 6. The van der Waals surface area contributed by atoms with Crippen molar-refractivity contribution >= 4 is 17.9 Å². The Balaban J connectivity index is 4.00. The van der Waals surface area contributed by atoms with Gasteiger partial charge in [-0.05, 0) is 96.3 Å². The molecule has 0 rings (SSSR count). The number of carbonyl (C=O) groups excluding carboxylic acids is 3. The fourth-order valence-electron chi connectivity index (χ4n) is 10.2. The van der Waals surface area contributed by atoms with E-state index in [2.05, 4.69) is 106 Å². The topological polar surface area (TPSA) is 78.9 Å². The Morgan fingerprint density at radius 1 is 0.259 bits per heavy atom. The van der Waals surface area contributed by atoms with E-state index in [1.807, 2.05) is 0 Å². The van der Waals surface area contributed by atoms with Crippen molar-refractivity contribution in [2.24, 2.45) is 0 Å². The van der Waals surface area contributed by atoms with Crippen molar-refractivity contribution in [2.75, 3.05) is 13.2 Å². The maximum atomic E-state index is 12.9. The van der Waals surface area contributed by atoms with Gasteiger partial charge in [0.25, 0.3) is 0 Å². The van der Waals surface area contributed by atoms with E-state index in [-0.39, 0.29) is 31.1 Å². The maximum Gasteiger partial charge on any atom is 0.306 e. The molecule has 0 aromatic carbocycles. The van der Waals surface area contributed by atoms with Crippen LogP contribution in [0, 0.1) is 0 Å². The molecule has 0 amide bonds. The molecule has 0 aliphatic heterocycles. The number of ether oxygens (including phenoxy) is 3. The van der Waals surface area contributed by atoms with Crippen molar-refractivity contribution in [3.63, 3.8) is 0 Å². The Morgan fingerprint density at radius 3 is 0.753 bits per heavy atom. The van der Waals surface area contributed by atoms with Gasteiger partial charge in [-0.15, -0.1) is 0 Å². The Kier molecular flexibility index (Phi) is 66.2. The van der Waals surface area contributed by atoms with E-state index >= 15 is 0 Å². The molecule has 0 spiro atoms. The molecule has 0 saturated carbocycles. The zero-order valence-electron chi connectivity index (χ0n) is 53.8. The van der Waals surface area contributed by atoms with Crippen molar-refractivity contribution in [3.8, 4) is 0 Å². The summed E-state index contributed by atoms with van der Waals surface area (Å²) in [6.45, 7) is 6.51. The predicted octanol–water partition coefficient (Wildman–Crippen LogP) is 24.2. The van der Waals surface area contributed by atoms with Crippen molar-refractivity contribution in [1.29, 1.82) is 0 Å². The highest BCUT2D eigenvalue weighted by atomic mass is 16.6. The molecule has 0 aromatic heterocycles. The summed E-state index contributed by atoms with van der Waals surface area (Å²) in [5.41, 5.74) is 0. The fraction of sp³-hybridized carbons (Fsp3) is 0.773. The highest BCUT2D eigenvalue weighted by molar-refractivity contribution is 5.71. The van der Waals surface area contributed by atoms with E-state index in [9.17, 15) is 14.4 Å². The highest BCUT2D eigenvalue weighted by Gasteiger charge is 2.19. The first-order valence-corrected chi connectivity index (χ1v) is 35.1. The molecule has 0 fully saturated rings. The Bertz CT molecular complexity index is 1530. The van der Waals surface area contributed by atoms with E-state index in [1.165, 1.54) is 218 Å². The molecule has 468 valence electrons. The number of carbonyl (C=O) groups is 3. The summed E-state index contributed by atoms with van der Waals surface area (Å²) < 4.78 is 16.9. The van der Waals surface area contributed by atoms with E-state index in [0.29, 0.717) is 19.3 Å². The molecular formula is C75H132O6. The minimum atomic E-state index is -0.774. The molecule has 1 unspecified atom stereocenters. The fourth-order valence-corrected chi connectivity index (χ4v) is 10.2. The summed E-state index contributed by atoms with van der Waals surface area (Å²) in [5.74, 6) is -0.866. The lowest BCUT2D eigenvalue weighted by atomic mass is 10.0. The van der Waals surface area contributed by atoms with Crippen LogP contribution in [0.1, 0.15) is 355 Å². The Labute approximate surface area is 503 Å². The SMILES string of the molecule is CC/C=C\C/C=C\C/C=C\C/C=C\C/C=C\CCCCCCCCCCCCCCCCCCCCCC(=O)OCC(COC(=O)CCCCCCCCC)OC(=O)CCCCCCCCCCC/C=C\C/C=C\CCCCCCC. The summed E-state index contributed by atoms with van der Waals surface area (Å²) in [4.78, 5) is 38.2. The number of hydrogen-bond donors (Lipinski definition) is 0. The van der Waals surface area contributed by atoms with Gasteiger partial charge in [-0.25, -0.2) is 0 Å². The third-order valence-corrected chi connectivity index (χ3v) is 15.4. The molecular weight excluding hydrogens is 997 g/mol. The summed E-state index contributed by atoms with van der Waals surface area (Å²) in [5, 5.41) is 0. The first-order valence-electron chi connectivity index (χ1n) is 35.1. The average molecular weight is 1130 g/mol. The summed E-state index contributed by atoms with van der Waals surface area (Å²) in [6.07, 6.45) is 92.2. The van der Waals surface area contributed by atoms with Gasteiger partial charge in [0.15, 0.2) is 6.10 Å². The lowest BCUT2D eigenvalue weighted by Crippen LogP contribution is -2.30. The molecule has 0 heterocycles. The van der Waals surface area contributed by atoms with E-state index in [0.717, 1.165) is 96.3 Å². The number of unbranched alkanes of at least 4 members (excludes halogenated alkanes) is 39. The maximum absolute atomic E-state index is 12.9. The minimum absolute atomic E-state index is 0.0729.